The summed E-state index contributed by atoms with van der Waals surface area (Å²) in [5.74, 6) is 0.656. The average Bonchev–Trinajstić information content (AvgIpc) is 2.44. The molecule has 0 atom stereocenters. The van der Waals surface area contributed by atoms with E-state index >= 15 is 0 Å². The molecule has 0 saturated heterocycles. The van der Waals surface area contributed by atoms with Gasteiger partial charge in [-0.3, -0.25) is 9.78 Å². The number of nitrogens with zero attached hydrogens (tertiary/aromatic N) is 1. The number of carbonyl (C=O) groups excluding carboxylic acids is 1. The average molecular weight is 334 g/mol. The van der Waals surface area contributed by atoms with E-state index < -0.39 is 0 Å². The number of Topliss-reactive ketones (excluding diaryl/α,β-unsaturated/α-hetero) is 1. The first-order valence-corrected chi connectivity index (χ1v) is 7.28. The third-order valence-electron chi connectivity index (χ3n) is 2.94. The van der Waals surface area contributed by atoms with E-state index in [4.69, 9.17) is 4.74 Å². The first-order chi connectivity index (χ1) is 9.66. The van der Waals surface area contributed by atoms with Crippen LogP contribution in [0.3, 0.4) is 0 Å². The first-order valence-electron chi connectivity index (χ1n) is 6.49. The zero-order valence-electron chi connectivity index (χ0n) is 11.3. The van der Waals surface area contributed by atoms with Gasteiger partial charge in [-0.1, -0.05) is 15.9 Å². The van der Waals surface area contributed by atoms with E-state index in [0.29, 0.717) is 17.9 Å². The van der Waals surface area contributed by atoms with Crippen molar-refractivity contribution in [3.8, 4) is 5.75 Å². The largest absolute Gasteiger partial charge is 0.493 e. The monoisotopic (exact) mass is 333 g/mol. The summed E-state index contributed by atoms with van der Waals surface area (Å²) in [6.07, 6.45) is 5.41. The van der Waals surface area contributed by atoms with Crippen LogP contribution in [-0.2, 0) is 6.42 Å². The fourth-order valence-corrected chi connectivity index (χ4v) is 2.25. The molecule has 0 aliphatic heterocycles. The zero-order chi connectivity index (χ0) is 14.4. The molecular formula is C16H16BrNO2. The van der Waals surface area contributed by atoms with E-state index in [-0.39, 0.29) is 5.78 Å². The molecule has 1 heterocycles. The van der Waals surface area contributed by atoms with Crippen LogP contribution in [0.1, 0.15) is 29.3 Å². The number of pyridine rings is 1. The van der Waals surface area contributed by atoms with Crippen LogP contribution < -0.4 is 4.74 Å². The second kappa shape index (κ2) is 7.20. The quantitative estimate of drug-likeness (QED) is 0.591. The molecule has 2 aromatic rings. The Bertz CT molecular complexity index is 584. The number of hydrogen-bond donors (Lipinski definition) is 0. The van der Waals surface area contributed by atoms with E-state index in [0.717, 1.165) is 17.3 Å². The van der Waals surface area contributed by atoms with Crippen LogP contribution in [-0.4, -0.2) is 17.4 Å². The highest BCUT2D eigenvalue weighted by Crippen LogP contribution is 2.24. The molecule has 3 nitrogen and oxygen atoms in total. The highest BCUT2D eigenvalue weighted by Gasteiger charge is 2.08. The molecule has 0 aliphatic carbocycles. The summed E-state index contributed by atoms with van der Waals surface area (Å²) in [6.45, 7) is 2.13. The molecule has 0 N–H and O–H groups in total. The normalized spacial score (nSPS) is 10.3. The van der Waals surface area contributed by atoms with Crippen molar-refractivity contribution >= 4 is 21.7 Å². The van der Waals surface area contributed by atoms with Gasteiger partial charge in [-0.25, -0.2) is 0 Å². The van der Waals surface area contributed by atoms with E-state index in [9.17, 15) is 4.79 Å². The summed E-state index contributed by atoms with van der Waals surface area (Å²) < 4.78 is 6.64. The minimum absolute atomic E-state index is 0.0154. The molecule has 0 spiro atoms. The second-order valence-electron chi connectivity index (χ2n) is 4.50. The van der Waals surface area contributed by atoms with E-state index in [1.165, 1.54) is 5.56 Å². The van der Waals surface area contributed by atoms with Gasteiger partial charge in [0.05, 0.1) is 12.2 Å². The first kappa shape index (κ1) is 14.7. The number of halogens is 1. The minimum atomic E-state index is 0.0154. The topological polar surface area (TPSA) is 39.2 Å². The fraction of sp³-hybridized carbons (Fsp3) is 0.250. The van der Waals surface area contributed by atoms with E-state index in [2.05, 4.69) is 20.9 Å². The maximum atomic E-state index is 11.5. The number of hydrogen-bond acceptors (Lipinski definition) is 3. The van der Waals surface area contributed by atoms with Crippen LogP contribution >= 0.6 is 15.9 Å². The summed E-state index contributed by atoms with van der Waals surface area (Å²) in [6, 6.07) is 9.47. The lowest BCUT2D eigenvalue weighted by Crippen LogP contribution is -2.04. The minimum Gasteiger partial charge on any atom is -0.493 e. The number of benzene rings is 1. The fourth-order valence-electron chi connectivity index (χ4n) is 1.91. The van der Waals surface area contributed by atoms with Crippen LogP contribution in [0.15, 0.2) is 47.2 Å². The van der Waals surface area contributed by atoms with Gasteiger partial charge in [-0.2, -0.15) is 0 Å². The molecule has 0 radical (unpaired) electrons. The molecule has 1 aromatic carbocycles. The van der Waals surface area contributed by atoms with Crippen LogP contribution in [0.2, 0.25) is 0 Å². The number of aromatic nitrogens is 1. The molecule has 1 aromatic heterocycles. The van der Waals surface area contributed by atoms with Crippen molar-refractivity contribution in [3.05, 3.63) is 58.3 Å². The number of ether oxygens (including phenoxy) is 1. The summed E-state index contributed by atoms with van der Waals surface area (Å²) in [4.78, 5) is 15.5. The Balaban J connectivity index is 1.91. The molecule has 0 amide bonds. The van der Waals surface area contributed by atoms with Crippen molar-refractivity contribution in [2.24, 2.45) is 0 Å². The molecule has 104 valence electrons. The van der Waals surface area contributed by atoms with Gasteiger partial charge in [0.1, 0.15) is 5.75 Å². The molecule has 2 rings (SSSR count). The van der Waals surface area contributed by atoms with E-state index in [1.54, 1.807) is 25.4 Å². The predicted octanol–water partition coefficient (Wildman–Crippen LogP) is 4.06. The summed E-state index contributed by atoms with van der Waals surface area (Å²) in [7, 11) is 0. The summed E-state index contributed by atoms with van der Waals surface area (Å²) in [5.41, 5.74) is 1.86. The molecule has 0 unspecified atom stereocenters. The smallest absolute Gasteiger partial charge is 0.163 e. The molecule has 4 heteroatoms. The van der Waals surface area contributed by atoms with Gasteiger partial charge in [0, 0.05) is 16.9 Å². The molecule has 0 bridgehead atoms. The SMILES string of the molecule is CC(=O)c1ccc(Br)cc1OCCCc1ccncc1. The highest BCUT2D eigenvalue weighted by molar-refractivity contribution is 9.10. The predicted molar refractivity (Wildman–Crippen MR) is 82.2 cm³/mol. The number of aryl methyl sites for hydroxylation is 1. The lowest BCUT2D eigenvalue weighted by Gasteiger charge is -2.10. The third kappa shape index (κ3) is 4.17. The Labute approximate surface area is 127 Å². The van der Waals surface area contributed by atoms with Crippen LogP contribution in [0.4, 0.5) is 0 Å². The standard InChI is InChI=1S/C16H16BrNO2/c1-12(19)15-5-4-14(17)11-16(15)20-10-2-3-13-6-8-18-9-7-13/h4-9,11H,2-3,10H2,1H3. The number of ketones is 1. The van der Waals surface area contributed by atoms with Gasteiger partial charge >= 0.3 is 0 Å². The molecule has 0 saturated carbocycles. The molecular weight excluding hydrogens is 318 g/mol. The van der Waals surface area contributed by atoms with Gasteiger partial charge < -0.3 is 4.74 Å². The Kier molecular flexibility index (Phi) is 5.30. The van der Waals surface area contributed by atoms with Crippen LogP contribution in [0.5, 0.6) is 5.75 Å². The van der Waals surface area contributed by atoms with Gasteiger partial charge in [-0.05, 0) is 55.7 Å². The van der Waals surface area contributed by atoms with Crippen molar-refractivity contribution in [3.63, 3.8) is 0 Å². The number of rotatable bonds is 6. The Morgan fingerprint density at radius 3 is 2.70 bits per heavy atom. The summed E-state index contributed by atoms with van der Waals surface area (Å²) >= 11 is 3.39. The summed E-state index contributed by atoms with van der Waals surface area (Å²) in [5, 5.41) is 0. The maximum absolute atomic E-state index is 11.5. The van der Waals surface area contributed by atoms with Crippen molar-refractivity contribution in [1.82, 2.24) is 4.98 Å². The Morgan fingerprint density at radius 1 is 1.25 bits per heavy atom. The van der Waals surface area contributed by atoms with Crippen LogP contribution in [0.25, 0.3) is 0 Å². The second-order valence-corrected chi connectivity index (χ2v) is 5.42. The van der Waals surface area contributed by atoms with Crippen molar-refractivity contribution < 1.29 is 9.53 Å². The van der Waals surface area contributed by atoms with Crippen molar-refractivity contribution in [2.45, 2.75) is 19.8 Å². The zero-order valence-corrected chi connectivity index (χ0v) is 12.9. The Morgan fingerprint density at radius 2 is 2.00 bits per heavy atom. The van der Waals surface area contributed by atoms with Gasteiger partial charge in [0.15, 0.2) is 5.78 Å². The van der Waals surface area contributed by atoms with Gasteiger partial charge in [0.2, 0.25) is 0 Å². The van der Waals surface area contributed by atoms with Crippen molar-refractivity contribution in [2.75, 3.05) is 6.61 Å². The highest BCUT2D eigenvalue weighted by atomic mass is 79.9. The van der Waals surface area contributed by atoms with Crippen LogP contribution in [0, 0.1) is 0 Å². The Hall–Kier alpha value is -1.68. The number of carbonyl (C=O) groups is 1. The van der Waals surface area contributed by atoms with Crippen molar-refractivity contribution in [1.29, 1.82) is 0 Å². The maximum Gasteiger partial charge on any atom is 0.163 e. The third-order valence-corrected chi connectivity index (χ3v) is 3.43. The van der Waals surface area contributed by atoms with E-state index in [1.807, 2.05) is 24.3 Å². The van der Waals surface area contributed by atoms with Gasteiger partial charge in [0.25, 0.3) is 0 Å². The molecule has 0 fully saturated rings. The van der Waals surface area contributed by atoms with Gasteiger partial charge in [-0.15, -0.1) is 0 Å². The lowest BCUT2D eigenvalue weighted by atomic mass is 10.1. The lowest BCUT2D eigenvalue weighted by molar-refractivity contribution is 0.101. The molecule has 20 heavy (non-hydrogen) atoms. The molecule has 0 aliphatic rings.